The molecule has 118 valence electrons. The third-order valence-electron chi connectivity index (χ3n) is 4.33. The van der Waals surface area contributed by atoms with Gasteiger partial charge in [-0.25, -0.2) is 9.98 Å². The Balaban J connectivity index is 1.67. The van der Waals surface area contributed by atoms with Crippen molar-refractivity contribution in [3.8, 4) is 0 Å². The van der Waals surface area contributed by atoms with Crippen molar-refractivity contribution in [1.29, 1.82) is 0 Å². The Hall–Kier alpha value is -2.63. The molecule has 2 aliphatic heterocycles. The van der Waals surface area contributed by atoms with Crippen LogP contribution in [-0.2, 0) is 4.79 Å². The van der Waals surface area contributed by atoms with Crippen molar-refractivity contribution >= 4 is 29.0 Å². The van der Waals surface area contributed by atoms with Crippen LogP contribution in [0.2, 0.25) is 0 Å². The number of amides is 1. The Kier molecular flexibility index (Phi) is 3.37. The molecule has 23 heavy (non-hydrogen) atoms. The van der Waals surface area contributed by atoms with Gasteiger partial charge in [-0.05, 0) is 43.9 Å². The van der Waals surface area contributed by atoms with Crippen LogP contribution >= 0.6 is 0 Å². The number of aromatic amines is 1. The number of hydrogen-bond acceptors (Lipinski definition) is 4. The van der Waals surface area contributed by atoms with Crippen molar-refractivity contribution in [2.45, 2.75) is 26.2 Å². The van der Waals surface area contributed by atoms with E-state index in [2.05, 4.69) is 31.2 Å². The number of nitrogens with zero attached hydrogens (tertiary/aromatic N) is 3. The molecule has 4 heterocycles. The third kappa shape index (κ3) is 2.60. The normalized spacial score (nSPS) is 20.2. The summed E-state index contributed by atoms with van der Waals surface area (Å²) in [5, 5.41) is 3.89. The van der Waals surface area contributed by atoms with E-state index in [1.165, 1.54) is 6.42 Å². The molecule has 2 aromatic rings. The van der Waals surface area contributed by atoms with E-state index in [1.807, 2.05) is 25.4 Å². The quantitative estimate of drug-likeness (QED) is 0.793. The van der Waals surface area contributed by atoms with Gasteiger partial charge in [0.1, 0.15) is 11.3 Å². The van der Waals surface area contributed by atoms with E-state index < -0.39 is 0 Å². The number of aromatic nitrogens is 2. The molecule has 6 heteroatoms. The van der Waals surface area contributed by atoms with Crippen LogP contribution < -0.4 is 5.32 Å². The van der Waals surface area contributed by atoms with Crippen LogP contribution in [0.15, 0.2) is 29.1 Å². The van der Waals surface area contributed by atoms with Crippen LogP contribution in [0.25, 0.3) is 17.1 Å². The van der Waals surface area contributed by atoms with Gasteiger partial charge in [0.25, 0.3) is 5.91 Å². The number of fused-ring (bicyclic) bond motifs is 1. The molecule has 0 bridgehead atoms. The van der Waals surface area contributed by atoms with E-state index in [4.69, 9.17) is 0 Å². The van der Waals surface area contributed by atoms with E-state index in [1.54, 1.807) is 0 Å². The predicted octanol–water partition coefficient (Wildman–Crippen LogP) is 2.18. The van der Waals surface area contributed by atoms with Gasteiger partial charge in [-0.15, -0.1) is 0 Å². The lowest BCUT2D eigenvalue weighted by Gasteiger charge is -2.27. The highest BCUT2D eigenvalue weighted by atomic mass is 16.2. The van der Waals surface area contributed by atoms with Crippen LogP contribution in [0.5, 0.6) is 0 Å². The molecule has 0 saturated carbocycles. The largest absolute Gasteiger partial charge is 0.346 e. The number of guanidine groups is 1. The number of pyridine rings is 1. The summed E-state index contributed by atoms with van der Waals surface area (Å²) in [7, 11) is 0. The van der Waals surface area contributed by atoms with E-state index in [9.17, 15) is 4.79 Å². The predicted molar refractivity (Wildman–Crippen MR) is 89.8 cm³/mol. The summed E-state index contributed by atoms with van der Waals surface area (Å²) >= 11 is 0. The minimum atomic E-state index is -0.138. The fourth-order valence-electron chi connectivity index (χ4n) is 3.11. The lowest BCUT2D eigenvalue weighted by molar-refractivity contribution is -0.115. The molecule has 0 spiro atoms. The molecular formula is C17H19N5O. The summed E-state index contributed by atoms with van der Waals surface area (Å²) in [6.07, 6.45) is 9.08. The molecule has 0 aromatic carbocycles. The smallest absolute Gasteiger partial charge is 0.276 e. The first kappa shape index (κ1) is 14.0. The Labute approximate surface area is 134 Å². The summed E-state index contributed by atoms with van der Waals surface area (Å²) in [4.78, 5) is 26.4. The van der Waals surface area contributed by atoms with Gasteiger partial charge < -0.3 is 9.88 Å². The van der Waals surface area contributed by atoms with E-state index in [0.29, 0.717) is 11.7 Å². The summed E-state index contributed by atoms with van der Waals surface area (Å²) in [6, 6.07) is 2.06. The first-order valence-corrected chi connectivity index (χ1v) is 8.01. The van der Waals surface area contributed by atoms with Crippen LogP contribution in [0.4, 0.5) is 0 Å². The topological polar surface area (TPSA) is 73.4 Å². The average Bonchev–Trinajstić information content (AvgIpc) is 3.13. The van der Waals surface area contributed by atoms with Gasteiger partial charge in [0.2, 0.25) is 5.96 Å². The monoisotopic (exact) mass is 309 g/mol. The summed E-state index contributed by atoms with van der Waals surface area (Å²) in [5.41, 5.74) is 3.30. The van der Waals surface area contributed by atoms with Gasteiger partial charge >= 0.3 is 0 Å². The van der Waals surface area contributed by atoms with Crippen LogP contribution in [-0.4, -0.2) is 39.8 Å². The number of rotatable bonds is 1. The van der Waals surface area contributed by atoms with Gasteiger partial charge in [-0.3, -0.25) is 10.1 Å². The second kappa shape index (κ2) is 5.53. The maximum absolute atomic E-state index is 12.2. The van der Waals surface area contributed by atoms with Crippen LogP contribution in [0.3, 0.4) is 0 Å². The maximum atomic E-state index is 12.2. The molecule has 0 radical (unpaired) electrons. The standard InChI is InChI=1S/C17H19N5O/c1-11-7-13-12(10-19-15(13)18-9-11)8-14-16(23)21-17(20-14)22-5-3-2-4-6-22/h7-10H,2-6H2,1H3,(H,18,19)(H,20,21,23). The van der Waals surface area contributed by atoms with E-state index >= 15 is 0 Å². The molecule has 2 aromatic heterocycles. The maximum Gasteiger partial charge on any atom is 0.276 e. The van der Waals surface area contributed by atoms with Crippen LogP contribution in [0, 0.1) is 6.92 Å². The second-order valence-corrected chi connectivity index (χ2v) is 6.12. The molecule has 4 rings (SSSR count). The molecule has 0 aliphatic carbocycles. The SMILES string of the molecule is Cc1cnc2[nH]cc(C=C3N=C(N4CCCCC4)NC3=O)c2c1. The number of nitrogens with one attached hydrogen (secondary N) is 2. The van der Waals surface area contributed by atoms with E-state index in [0.717, 1.165) is 48.1 Å². The molecular weight excluding hydrogens is 290 g/mol. The zero-order chi connectivity index (χ0) is 15.8. The third-order valence-corrected chi connectivity index (χ3v) is 4.33. The number of carbonyl (C=O) groups excluding carboxylic acids is 1. The second-order valence-electron chi connectivity index (χ2n) is 6.12. The van der Waals surface area contributed by atoms with E-state index in [-0.39, 0.29) is 5.91 Å². The van der Waals surface area contributed by atoms with Crippen molar-refractivity contribution < 1.29 is 4.79 Å². The van der Waals surface area contributed by atoms with Crippen molar-refractivity contribution in [3.05, 3.63) is 35.3 Å². The highest BCUT2D eigenvalue weighted by molar-refractivity contribution is 6.14. The lowest BCUT2D eigenvalue weighted by atomic mass is 10.1. The highest BCUT2D eigenvalue weighted by Gasteiger charge is 2.25. The first-order chi connectivity index (χ1) is 11.2. The molecule has 1 fully saturated rings. The van der Waals surface area contributed by atoms with Gasteiger partial charge in [-0.1, -0.05) is 0 Å². The number of aryl methyl sites for hydroxylation is 1. The summed E-state index contributed by atoms with van der Waals surface area (Å²) in [6.45, 7) is 3.93. The van der Waals surface area contributed by atoms with Crippen molar-refractivity contribution in [2.24, 2.45) is 4.99 Å². The molecule has 2 aliphatic rings. The molecule has 1 saturated heterocycles. The fraction of sp³-hybridized carbons (Fsp3) is 0.353. The minimum Gasteiger partial charge on any atom is -0.346 e. The molecule has 1 amide bonds. The Morgan fingerprint density at radius 2 is 2.09 bits per heavy atom. The summed E-state index contributed by atoms with van der Waals surface area (Å²) in [5.74, 6) is 0.552. The van der Waals surface area contributed by atoms with Gasteiger partial charge in [0.15, 0.2) is 0 Å². The number of likely N-dealkylation sites (tertiary alicyclic amines) is 1. The van der Waals surface area contributed by atoms with Crippen LogP contribution in [0.1, 0.15) is 30.4 Å². The Morgan fingerprint density at radius 1 is 1.26 bits per heavy atom. The lowest BCUT2D eigenvalue weighted by Crippen LogP contribution is -2.43. The van der Waals surface area contributed by atoms with Gasteiger partial charge in [0, 0.05) is 36.4 Å². The number of H-pyrrole nitrogens is 1. The van der Waals surface area contributed by atoms with Crippen molar-refractivity contribution in [1.82, 2.24) is 20.2 Å². The number of carbonyl (C=O) groups is 1. The van der Waals surface area contributed by atoms with Crippen molar-refractivity contribution in [2.75, 3.05) is 13.1 Å². The average molecular weight is 309 g/mol. The zero-order valence-electron chi connectivity index (χ0n) is 13.1. The number of aliphatic imine (C=N–C) groups is 1. The zero-order valence-corrected chi connectivity index (χ0v) is 13.1. The van der Waals surface area contributed by atoms with Gasteiger partial charge in [0.05, 0.1) is 0 Å². The molecule has 6 nitrogen and oxygen atoms in total. The summed E-state index contributed by atoms with van der Waals surface area (Å²) < 4.78 is 0. The van der Waals surface area contributed by atoms with Gasteiger partial charge in [-0.2, -0.15) is 0 Å². The first-order valence-electron chi connectivity index (χ1n) is 8.01. The van der Waals surface area contributed by atoms with Crippen molar-refractivity contribution in [3.63, 3.8) is 0 Å². The fourth-order valence-corrected chi connectivity index (χ4v) is 3.11. The number of hydrogen-bond donors (Lipinski definition) is 2. The minimum absolute atomic E-state index is 0.138. The number of piperidine rings is 1. The Morgan fingerprint density at radius 3 is 2.91 bits per heavy atom. The molecule has 0 unspecified atom stereocenters. The Bertz CT molecular complexity index is 827. The molecule has 2 N–H and O–H groups in total. The molecule has 0 atom stereocenters. The highest BCUT2D eigenvalue weighted by Crippen LogP contribution is 2.22.